The molecule has 0 aliphatic rings. The molecule has 0 spiro atoms. The number of nitrogens with zero attached hydrogens (tertiary/aromatic N) is 2. The van der Waals surface area contributed by atoms with Crippen LogP contribution in [0.4, 0.5) is 5.82 Å². The molecule has 0 saturated heterocycles. The Hall–Kier alpha value is -1.66. The number of aromatic nitrogens is 1. The SMILES string of the molecule is CNc1cccc(C(=O)N(CCOC)CCOC)n1. The highest BCUT2D eigenvalue weighted by Crippen LogP contribution is 2.07. The topological polar surface area (TPSA) is 63.7 Å². The van der Waals surface area contributed by atoms with Gasteiger partial charge < -0.3 is 19.7 Å². The Labute approximate surface area is 113 Å². The first-order valence-corrected chi connectivity index (χ1v) is 6.15. The maximum absolute atomic E-state index is 12.3. The Balaban J connectivity index is 2.77. The van der Waals surface area contributed by atoms with Gasteiger partial charge in [0.1, 0.15) is 11.5 Å². The first-order valence-electron chi connectivity index (χ1n) is 6.15. The molecule has 1 rings (SSSR count). The van der Waals surface area contributed by atoms with Crippen molar-refractivity contribution in [2.45, 2.75) is 0 Å². The molecule has 1 amide bonds. The van der Waals surface area contributed by atoms with Crippen molar-refractivity contribution in [2.24, 2.45) is 0 Å². The Bertz CT molecular complexity index is 390. The normalized spacial score (nSPS) is 10.3. The van der Waals surface area contributed by atoms with E-state index in [0.717, 1.165) is 0 Å². The van der Waals surface area contributed by atoms with Crippen molar-refractivity contribution < 1.29 is 14.3 Å². The Kier molecular flexibility index (Phi) is 6.84. The van der Waals surface area contributed by atoms with Crippen molar-refractivity contribution in [2.75, 3.05) is 52.9 Å². The molecule has 0 aliphatic heterocycles. The lowest BCUT2D eigenvalue weighted by molar-refractivity contribution is 0.0622. The van der Waals surface area contributed by atoms with Crippen LogP contribution in [0.25, 0.3) is 0 Å². The molecular weight excluding hydrogens is 246 g/mol. The summed E-state index contributed by atoms with van der Waals surface area (Å²) in [7, 11) is 4.99. The van der Waals surface area contributed by atoms with Crippen molar-refractivity contribution in [1.29, 1.82) is 0 Å². The summed E-state index contributed by atoms with van der Waals surface area (Å²) in [6.07, 6.45) is 0. The zero-order chi connectivity index (χ0) is 14.1. The van der Waals surface area contributed by atoms with Gasteiger partial charge in [0.2, 0.25) is 0 Å². The number of nitrogens with one attached hydrogen (secondary N) is 1. The van der Waals surface area contributed by atoms with E-state index >= 15 is 0 Å². The number of amides is 1. The summed E-state index contributed by atoms with van der Waals surface area (Å²) >= 11 is 0. The van der Waals surface area contributed by atoms with Crippen LogP contribution in [0, 0.1) is 0 Å². The highest BCUT2D eigenvalue weighted by Gasteiger charge is 2.16. The first kappa shape index (κ1) is 15.4. The summed E-state index contributed by atoms with van der Waals surface area (Å²) in [5.41, 5.74) is 0.416. The van der Waals surface area contributed by atoms with Crippen LogP contribution >= 0.6 is 0 Å². The second-order valence-electron chi connectivity index (χ2n) is 3.94. The highest BCUT2D eigenvalue weighted by molar-refractivity contribution is 5.92. The number of hydrogen-bond donors (Lipinski definition) is 1. The predicted molar refractivity (Wildman–Crippen MR) is 73.4 cm³/mol. The van der Waals surface area contributed by atoms with E-state index < -0.39 is 0 Å². The van der Waals surface area contributed by atoms with Gasteiger partial charge in [0.15, 0.2) is 0 Å². The number of rotatable bonds is 8. The molecule has 1 heterocycles. The molecule has 0 atom stereocenters. The van der Waals surface area contributed by atoms with E-state index in [-0.39, 0.29) is 5.91 Å². The molecule has 19 heavy (non-hydrogen) atoms. The number of methoxy groups -OCH3 is 2. The third-order valence-corrected chi connectivity index (χ3v) is 2.64. The van der Waals surface area contributed by atoms with Gasteiger partial charge in [-0.3, -0.25) is 4.79 Å². The number of pyridine rings is 1. The smallest absolute Gasteiger partial charge is 0.272 e. The minimum Gasteiger partial charge on any atom is -0.383 e. The third-order valence-electron chi connectivity index (χ3n) is 2.64. The number of carbonyl (C=O) groups is 1. The van der Waals surface area contributed by atoms with E-state index in [1.54, 1.807) is 38.3 Å². The minimum atomic E-state index is -0.119. The van der Waals surface area contributed by atoms with Crippen LogP contribution in [0.5, 0.6) is 0 Å². The van der Waals surface area contributed by atoms with Crippen LogP contribution in [0.2, 0.25) is 0 Å². The molecule has 6 heteroatoms. The van der Waals surface area contributed by atoms with E-state index in [1.165, 1.54) is 0 Å². The summed E-state index contributed by atoms with van der Waals surface area (Å²) in [5.74, 6) is 0.551. The summed E-state index contributed by atoms with van der Waals surface area (Å²) < 4.78 is 10.0. The lowest BCUT2D eigenvalue weighted by atomic mass is 10.3. The average molecular weight is 267 g/mol. The molecule has 0 unspecified atom stereocenters. The van der Waals surface area contributed by atoms with Crippen LogP contribution in [0.1, 0.15) is 10.5 Å². The third kappa shape index (κ3) is 4.84. The Morgan fingerprint density at radius 1 is 1.26 bits per heavy atom. The van der Waals surface area contributed by atoms with Gasteiger partial charge in [-0.1, -0.05) is 6.07 Å². The number of carbonyl (C=O) groups excluding carboxylic acids is 1. The first-order chi connectivity index (χ1) is 9.22. The van der Waals surface area contributed by atoms with Gasteiger partial charge in [-0.25, -0.2) is 4.98 Å². The molecule has 1 N–H and O–H groups in total. The van der Waals surface area contributed by atoms with Gasteiger partial charge in [-0.05, 0) is 12.1 Å². The van der Waals surface area contributed by atoms with Crippen LogP contribution in [0.3, 0.4) is 0 Å². The monoisotopic (exact) mass is 267 g/mol. The van der Waals surface area contributed by atoms with Crippen molar-refractivity contribution in [1.82, 2.24) is 9.88 Å². The van der Waals surface area contributed by atoms with Crippen molar-refractivity contribution in [3.63, 3.8) is 0 Å². The van der Waals surface area contributed by atoms with Gasteiger partial charge in [-0.15, -0.1) is 0 Å². The van der Waals surface area contributed by atoms with Crippen LogP contribution < -0.4 is 5.32 Å². The molecule has 1 aromatic heterocycles. The molecule has 106 valence electrons. The van der Waals surface area contributed by atoms with Crippen LogP contribution in [-0.4, -0.2) is 63.4 Å². The summed E-state index contributed by atoms with van der Waals surface area (Å²) in [6, 6.07) is 5.32. The molecular formula is C13H21N3O3. The molecule has 1 aromatic rings. The zero-order valence-corrected chi connectivity index (χ0v) is 11.7. The standard InChI is InChI=1S/C13H21N3O3/c1-14-12-6-4-5-11(15-12)13(17)16(7-9-18-2)8-10-19-3/h4-6H,7-10H2,1-3H3,(H,14,15). The quantitative estimate of drug-likeness (QED) is 0.757. The molecule has 0 saturated carbocycles. The maximum Gasteiger partial charge on any atom is 0.272 e. The van der Waals surface area contributed by atoms with E-state index in [4.69, 9.17) is 9.47 Å². The lowest BCUT2D eigenvalue weighted by Gasteiger charge is -2.21. The van der Waals surface area contributed by atoms with Crippen LogP contribution in [-0.2, 0) is 9.47 Å². The molecule has 6 nitrogen and oxygen atoms in total. The second-order valence-corrected chi connectivity index (χ2v) is 3.94. The van der Waals surface area contributed by atoms with E-state index in [9.17, 15) is 4.79 Å². The molecule has 0 aromatic carbocycles. The fraction of sp³-hybridized carbons (Fsp3) is 0.538. The number of ether oxygens (including phenoxy) is 2. The average Bonchev–Trinajstić information content (AvgIpc) is 2.47. The molecule has 0 fully saturated rings. The van der Waals surface area contributed by atoms with E-state index in [1.807, 2.05) is 6.07 Å². The maximum atomic E-state index is 12.3. The largest absolute Gasteiger partial charge is 0.383 e. The Morgan fingerprint density at radius 2 is 1.89 bits per heavy atom. The van der Waals surface area contributed by atoms with Gasteiger partial charge in [-0.2, -0.15) is 0 Å². The van der Waals surface area contributed by atoms with Gasteiger partial charge >= 0.3 is 0 Å². The van der Waals surface area contributed by atoms with Crippen molar-refractivity contribution in [3.8, 4) is 0 Å². The molecule has 0 radical (unpaired) electrons. The van der Waals surface area contributed by atoms with E-state index in [2.05, 4.69) is 10.3 Å². The molecule has 0 bridgehead atoms. The fourth-order valence-corrected chi connectivity index (χ4v) is 1.57. The van der Waals surface area contributed by atoms with Crippen molar-refractivity contribution in [3.05, 3.63) is 23.9 Å². The Morgan fingerprint density at radius 3 is 2.42 bits per heavy atom. The fourth-order valence-electron chi connectivity index (χ4n) is 1.57. The second kappa shape index (κ2) is 8.44. The van der Waals surface area contributed by atoms with Gasteiger partial charge in [0, 0.05) is 34.4 Å². The molecule has 0 aliphatic carbocycles. The minimum absolute atomic E-state index is 0.119. The van der Waals surface area contributed by atoms with Gasteiger partial charge in [0.05, 0.1) is 13.2 Å². The zero-order valence-electron chi connectivity index (χ0n) is 11.7. The van der Waals surface area contributed by atoms with Gasteiger partial charge in [0.25, 0.3) is 5.91 Å². The van der Waals surface area contributed by atoms with Crippen molar-refractivity contribution >= 4 is 11.7 Å². The van der Waals surface area contributed by atoms with Crippen LogP contribution in [0.15, 0.2) is 18.2 Å². The lowest BCUT2D eigenvalue weighted by Crippen LogP contribution is -2.37. The summed E-state index contributed by atoms with van der Waals surface area (Å²) in [4.78, 5) is 18.3. The number of hydrogen-bond acceptors (Lipinski definition) is 5. The number of anilines is 1. The highest BCUT2D eigenvalue weighted by atomic mass is 16.5. The predicted octanol–water partition coefficient (Wildman–Crippen LogP) is 0.858. The summed E-state index contributed by atoms with van der Waals surface area (Å²) in [6.45, 7) is 2.01. The van der Waals surface area contributed by atoms with E-state index in [0.29, 0.717) is 37.8 Å². The summed E-state index contributed by atoms with van der Waals surface area (Å²) in [5, 5.41) is 2.92.